The summed E-state index contributed by atoms with van der Waals surface area (Å²) in [5, 5.41) is 3.06. The van der Waals surface area contributed by atoms with Gasteiger partial charge in [0.2, 0.25) is 5.91 Å². The standard InChI is InChI=1S/C12H19ClN4O/c1-5-6-17(7-10(18)14-4)12-8(2)11(13)15-9(3)16-12/h5-7H2,1-4H3,(H,14,18). The van der Waals surface area contributed by atoms with E-state index in [1.165, 1.54) is 0 Å². The Bertz CT molecular complexity index is 436. The molecule has 1 aromatic rings. The third-order valence-electron chi connectivity index (χ3n) is 2.58. The molecule has 0 aliphatic carbocycles. The molecule has 0 fully saturated rings. The minimum absolute atomic E-state index is 0.0461. The van der Waals surface area contributed by atoms with E-state index in [2.05, 4.69) is 22.2 Å². The van der Waals surface area contributed by atoms with E-state index >= 15 is 0 Å². The number of likely N-dealkylation sites (N-methyl/N-ethyl adjacent to an activating group) is 1. The van der Waals surface area contributed by atoms with Gasteiger partial charge in [-0.3, -0.25) is 4.79 Å². The number of aromatic nitrogens is 2. The van der Waals surface area contributed by atoms with Crippen molar-refractivity contribution in [3.05, 3.63) is 16.5 Å². The van der Waals surface area contributed by atoms with Gasteiger partial charge in [-0.1, -0.05) is 18.5 Å². The summed E-state index contributed by atoms with van der Waals surface area (Å²) < 4.78 is 0. The molecular formula is C12H19ClN4O. The van der Waals surface area contributed by atoms with Gasteiger partial charge in [-0.15, -0.1) is 0 Å². The Balaban J connectivity index is 3.08. The number of anilines is 1. The highest BCUT2D eigenvalue weighted by Gasteiger charge is 2.16. The summed E-state index contributed by atoms with van der Waals surface area (Å²) in [6.07, 6.45) is 0.928. The second kappa shape index (κ2) is 6.54. The van der Waals surface area contributed by atoms with E-state index in [9.17, 15) is 4.79 Å². The zero-order chi connectivity index (χ0) is 13.7. The van der Waals surface area contributed by atoms with Crippen LogP contribution < -0.4 is 10.2 Å². The monoisotopic (exact) mass is 270 g/mol. The van der Waals surface area contributed by atoms with Crippen molar-refractivity contribution in [3.63, 3.8) is 0 Å². The van der Waals surface area contributed by atoms with Crippen molar-refractivity contribution in [2.45, 2.75) is 27.2 Å². The fourth-order valence-electron chi connectivity index (χ4n) is 1.67. The minimum Gasteiger partial charge on any atom is -0.358 e. The normalized spacial score (nSPS) is 10.3. The summed E-state index contributed by atoms with van der Waals surface area (Å²) >= 11 is 6.06. The van der Waals surface area contributed by atoms with Crippen molar-refractivity contribution >= 4 is 23.3 Å². The molecule has 0 saturated heterocycles. The van der Waals surface area contributed by atoms with Crippen LogP contribution >= 0.6 is 11.6 Å². The molecule has 1 N–H and O–H groups in total. The highest BCUT2D eigenvalue weighted by molar-refractivity contribution is 6.30. The Morgan fingerprint density at radius 1 is 1.39 bits per heavy atom. The molecule has 0 radical (unpaired) electrons. The van der Waals surface area contributed by atoms with Crippen LogP contribution in [-0.4, -0.2) is 36.0 Å². The summed E-state index contributed by atoms with van der Waals surface area (Å²) in [5.41, 5.74) is 0.805. The fourth-order valence-corrected chi connectivity index (χ4v) is 1.88. The molecule has 0 atom stereocenters. The predicted molar refractivity (Wildman–Crippen MR) is 73.1 cm³/mol. The molecule has 1 aromatic heterocycles. The maximum absolute atomic E-state index is 11.5. The van der Waals surface area contributed by atoms with Crippen LogP contribution in [0.3, 0.4) is 0 Å². The molecule has 6 heteroatoms. The number of nitrogens with zero attached hydrogens (tertiary/aromatic N) is 3. The van der Waals surface area contributed by atoms with Crippen molar-refractivity contribution in [1.29, 1.82) is 0 Å². The molecule has 1 amide bonds. The Kier molecular flexibility index (Phi) is 5.34. The van der Waals surface area contributed by atoms with Gasteiger partial charge in [0.15, 0.2) is 0 Å². The van der Waals surface area contributed by atoms with E-state index < -0.39 is 0 Å². The van der Waals surface area contributed by atoms with Crippen molar-refractivity contribution in [2.24, 2.45) is 0 Å². The van der Waals surface area contributed by atoms with E-state index in [0.717, 1.165) is 24.3 Å². The smallest absolute Gasteiger partial charge is 0.239 e. The number of carbonyl (C=O) groups is 1. The van der Waals surface area contributed by atoms with Gasteiger partial charge in [0.05, 0.1) is 6.54 Å². The molecule has 0 aliphatic heterocycles. The predicted octanol–water partition coefficient (Wildman–Crippen LogP) is 1.71. The first kappa shape index (κ1) is 14.7. The first-order chi connectivity index (χ1) is 8.49. The van der Waals surface area contributed by atoms with Crippen molar-refractivity contribution in [1.82, 2.24) is 15.3 Å². The van der Waals surface area contributed by atoms with Gasteiger partial charge >= 0.3 is 0 Å². The summed E-state index contributed by atoms with van der Waals surface area (Å²) in [6.45, 7) is 6.74. The lowest BCUT2D eigenvalue weighted by atomic mass is 10.3. The number of amides is 1. The molecule has 100 valence electrons. The van der Waals surface area contributed by atoms with Crippen LogP contribution in [-0.2, 0) is 4.79 Å². The molecule has 0 aromatic carbocycles. The number of rotatable bonds is 5. The van der Waals surface area contributed by atoms with Crippen LogP contribution in [0.5, 0.6) is 0 Å². The van der Waals surface area contributed by atoms with Crippen LogP contribution in [0.4, 0.5) is 5.82 Å². The van der Waals surface area contributed by atoms with E-state index in [1.807, 2.05) is 11.8 Å². The topological polar surface area (TPSA) is 58.1 Å². The molecule has 0 unspecified atom stereocenters. The van der Waals surface area contributed by atoms with Crippen LogP contribution in [0, 0.1) is 13.8 Å². The molecule has 18 heavy (non-hydrogen) atoms. The molecule has 0 spiro atoms. The molecule has 5 nitrogen and oxygen atoms in total. The first-order valence-corrected chi connectivity index (χ1v) is 6.33. The third kappa shape index (κ3) is 3.57. The average Bonchev–Trinajstić information content (AvgIpc) is 2.33. The molecule has 0 bridgehead atoms. The lowest BCUT2D eigenvalue weighted by molar-refractivity contribution is -0.119. The lowest BCUT2D eigenvalue weighted by Crippen LogP contribution is -2.37. The molecule has 0 saturated carbocycles. The van der Waals surface area contributed by atoms with Gasteiger partial charge in [-0.2, -0.15) is 0 Å². The van der Waals surface area contributed by atoms with Crippen LogP contribution in [0.1, 0.15) is 24.7 Å². The number of halogens is 1. The maximum atomic E-state index is 11.5. The number of nitrogens with one attached hydrogen (secondary N) is 1. The molecule has 0 aliphatic rings. The second-order valence-corrected chi connectivity index (χ2v) is 4.46. The van der Waals surface area contributed by atoms with Gasteiger partial charge in [0.1, 0.15) is 16.8 Å². The van der Waals surface area contributed by atoms with E-state index in [1.54, 1.807) is 14.0 Å². The van der Waals surface area contributed by atoms with Crippen molar-refractivity contribution in [2.75, 3.05) is 25.0 Å². The van der Waals surface area contributed by atoms with Gasteiger partial charge < -0.3 is 10.2 Å². The summed E-state index contributed by atoms with van der Waals surface area (Å²) in [6, 6.07) is 0. The maximum Gasteiger partial charge on any atom is 0.239 e. The van der Waals surface area contributed by atoms with E-state index in [0.29, 0.717) is 11.0 Å². The zero-order valence-corrected chi connectivity index (χ0v) is 12.0. The van der Waals surface area contributed by atoms with E-state index in [-0.39, 0.29) is 12.5 Å². The van der Waals surface area contributed by atoms with Crippen molar-refractivity contribution in [3.8, 4) is 0 Å². The number of hydrogen-bond acceptors (Lipinski definition) is 4. The van der Waals surface area contributed by atoms with Crippen LogP contribution in [0.25, 0.3) is 0 Å². The molecular weight excluding hydrogens is 252 g/mol. The largest absolute Gasteiger partial charge is 0.358 e. The Morgan fingerprint density at radius 3 is 2.61 bits per heavy atom. The number of carbonyl (C=O) groups excluding carboxylic acids is 1. The van der Waals surface area contributed by atoms with E-state index in [4.69, 9.17) is 11.6 Å². The SMILES string of the molecule is CCCN(CC(=O)NC)c1nc(C)nc(Cl)c1C. The Hall–Kier alpha value is -1.36. The fraction of sp³-hybridized carbons (Fsp3) is 0.583. The highest BCUT2D eigenvalue weighted by atomic mass is 35.5. The molecule has 1 heterocycles. The Labute approximate surface area is 113 Å². The first-order valence-electron chi connectivity index (χ1n) is 5.95. The van der Waals surface area contributed by atoms with Gasteiger partial charge in [0, 0.05) is 19.2 Å². The summed E-state index contributed by atoms with van der Waals surface area (Å²) in [7, 11) is 1.62. The number of aryl methyl sites for hydroxylation is 1. The average molecular weight is 271 g/mol. The summed E-state index contributed by atoms with van der Waals surface area (Å²) in [4.78, 5) is 21.9. The van der Waals surface area contributed by atoms with Gasteiger partial charge in [-0.25, -0.2) is 9.97 Å². The van der Waals surface area contributed by atoms with Crippen LogP contribution in [0.15, 0.2) is 0 Å². The molecule has 1 rings (SSSR count). The minimum atomic E-state index is -0.0461. The summed E-state index contributed by atoms with van der Waals surface area (Å²) in [5.74, 6) is 1.30. The van der Waals surface area contributed by atoms with Crippen LogP contribution in [0.2, 0.25) is 5.15 Å². The quantitative estimate of drug-likeness (QED) is 0.828. The third-order valence-corrected chi connectivity index (χ3v) is 2.95. The van der Waals surface area contributed by atoms with Gasteiger partial charge in [0.25, 0.3) is 0 Å². The zero-order valence-electron chi connectivity index (χ0n) is 11.2. The number of hydrogen-bond donors (Lipinski definition) is 1. The second-order valence-electron chi connectivity index (χ2n) is 4.10. The lowest BCUT2D eigenvalue weighted by Gasteiger charge is -2.24. The Morgan fingerprint density at radius 2 is 2.06 bits per heavy atom. The van der Waals surface area contributed by atoms with Gasteiger partial charge in [-0.05, 0) is 20.3 Å². The highest BCUT2D eigenvalue weighted by Crippen LogP contribution is 2.23. The van der Waals surface area contributed by atoms with Crippen molar-refractivity contribution < 1.29 is 4.79 Å².